The second kappa shape index (κ2) is 6.54. The number of hydrogen-bond acceptors (Lipinski definition) is 4. The lowest BCUT2D eigenvalue weighted by Gasteiger charge is -2.08. The highest BCUT2D eigenvalue weighted by molar-refractivity contribution is 5.97. The van der Waals surface area contributed by atoms with Crippen LogP contribution in [0.5, 0.6) is 5.75 Å². The number of ether oxygens (including phenoxy) is 1. The SMILES string of the molecule is C=CCCCOc1ccc([N+](=O)[O-])cc1C(C)=O. The van der Waals surface area contributed by atoms with Gasteiger partial charge in [0.1, 0.15) is 5.75 Å². The van der Waals surface area contributed by atoms with E-state index in [0.29, 0.717) is 12.4 Å². The maximum Gasteiger partial charge on any atom is 0.270 e. The Morgan fingerprint density at radius 3 is 2.83 bits per heavy atom. The molecule has 0 fully saturated rings. The summed E-state index contributed by atoms with van der Waals surface area (Å²) in [6, 6.07) is 4.03. The number of benzene rings is 1. The summed E-state index contributed by atoms with van der Waals surface area (Å²) in [6.07, 6.45) is 3.39. The molecule has 0 aliphatic carbocycles. The average molecular weight is 249 g/mol. The summed E-state index contributed by atoms with van der Waals surface area (Å²) < 4.78 is 5.44. The highest BCUT2D eigenvalue weighted by Crippen LogP contribution is 2.24. The molecule has 18 heavy (non-hydrogen) atoms. The third-order valence-electron chi connectivity index (χ3n) is 2.36. The van der Waals surface area contributed by atoms with Crippen molar-refractivity contribution in [1.82, 2.24) is 0 Å². The van der Waals surface area contributed by atoms with Crippen LogP contribution >= 0.6 is 0 Å². The van der Waals surface area contributed by atoms with E-state index in [0.717, 1.165) is 12.8 Å². The van der Waals surface area contributed by atoms with Gasteiger partial charge in [-0.15, -0.1) is 6.58 Å². The highest BCUT2D eigenvalue weighted by atomic mass is 16.6. The number of non-ortho nitro benzene ring substituents is 1. The Kier molecular flexibility index (Phi) is 5.05. The zero-order valence-corrected chi connectivity index (χ0v) is 10.2. The molecule has 0 saturated heterocycles. The monoisotopic (exact) mass is 249 g/mol. The van der Waals surface area contributed by atoms with Crippen LogP contribution in [0.3, 0.4) is 0 Å². The van der Waals surface area contributed by atoms with Crippen LogP contribution in [0.1, 0.15) is 30.1 Å². The number of carbonyl (C=O) groups excluding carboxylic acids is 1. The molecule has 0 radical (unpaired) electrons. The van der Waals surface area contributed by atoms with E-state index >= 15 is 0 Å². The molecule has 0 aliphatic rings. The Labute approximate surface area is 105 Å². The van der Waals surface area contributed by atoms with Crippen LogP contribution in [0.25, 0.3) is 0 Å². The number of nitro benzene ring substituents is 1. The lowest BCUT2D eigenvalue weighted by molar-refractivity contribution is -0.384. The number of carbonyl (C=O) groups is 1. The van der Waals surface area contributed by atoms with E-state index in [9.17, 15) is 14.9 Å². The Bertz CT molecular complexity index is 468. The molecule has 5 nitrogen and oxygen atoms in total. The molecule has 0 saturated carbocycles. The first-order valence-corrected chi connectivity index (χ1v) is 5.59. The Morgan fingerprint density at radius 1 is 1.56 bits per heavy atom. The van der Waals surface area contributed by atoms with Gasteiger partial charge < -0.3 is 4.74 Å². The van der Waals surface area contributed by atoms with Crippen LogP contribution in [0.15, 0.2) is 30.9 Å². The first kappa shape index (κ1) is 13.9. The molecule has 0 heterocycles. The highest BCUT2D eigenvalue weighted by Gasteiger charge is 2.14. The van der Waals surface area contributed by atoms with Crippen molar-refractivity contribution in [3.63, 3.8) is 0 Å². The molecule has 0 aliphatic heterocycles. The number of nitro groups is 1. The van der Waals surface area contributed by atoms with E-state index in [1.54, 1.807) is 6.08 Å². The van der Waals surface area contributed by atoms with Gasteiger partial charge in [0.25, 0.3) is 5.69 Å². The molecular weight excluding hydrogens is 234 g/mol. The molecule has 1 aromatic rings. The maximum absolute atomic E-state index is 11.4. The van der Waals surface area contributed by atoms with Crippen LogP contribution < -0.4 is 4.74 Å². The average Bonchev–Trinajstić information content (AvgIpc) is 2.34. The van der Waals surface area contributed by atoms with Gasteiger partial charge in [-0.25, -0.2) is 0 Å². The summed E-state index contributed by atoms with van der Waals surface area (Å²) in [6.45, 7) is 5.40. The summed E-state index contributed by atoms with van der Waals surface area (Å²) in [5, 5.41) is 10.6. The smallest absolute Gasteiger partial charge is 0.270 e. The first-order chi connectivity index (χ1) is 8.56. The van der Waals surface area contributed by atoms with Crippen molar-refractivity contribution in [2.45, 2.75) is 19.8 Å². The molecule has 0 atom stereocenters. The largest absolute Gasteiger partial charge is 0.493 e. The van der Waals surface area contributed by atoms with Gasteiger partial charge in [0.15, 0.2) is 5.78 Å². The minimum Gasteiger partial charge on any atom is -0.493 e. The lowest BCUT2D eigenvalue weighted by Crippen LogP contribution is -2.03. The van der Waals surface area contributed by atoms with E-state index in [1.165, 1.54) is 25.1 Å². The molecule has 1 rings (SSSR count). The minimum atomic E-state index is -0.534. The van der Waals surface area contributed by atoms with Gasteiger partial charge in [0.05, 0.1) is 17.1 Å². The maximum atomic E-state index is 11.4. The quantitative estimate of drug-likeness (QED) is 0.245. The predicted octanol–water partition coefficient (Wildman–Crippen LogP) is 3.14. The van der Waals surface area contributed by atoms with Crippen LogP contribution in [0.2, 0.25) is 0 Å². The first-order valence-electron chi connectivity index (χ1n) is 5.59. The minimum absolute atomic E-state index is 0.112. The zero-order chi connectivity index (χ0) is 13.5. The Balaban J connectivity index is 2.86. The van der Waals surface area contributed by atoms with E-state index in [2.05, 4.69) is 6.58 Å². The van der Waals surface area contributed by atoms with Gasteiger partial charge in [0.2, 0.25) is 0 Å². The lowest BCUT2D eigenvalue weighted by atomic mass is 10.1. The predicted molar refractivity (Wildman–Crippen MR) is 68.0 cm³/mol. The molecule has 0 unspecified atom stereocenters. The molecule has 0 bridgehead atoms. The van der Waals surface area contributed by atoms with Crippen LogP contribution in [-0.4, -0.2) is 17.3 Å². The third kappa shape index (κ3) is 3.69. The summed E-state index contributed by atoms with van der Waals surface area (Å²) >= 11 is 0. The molecule has 1 aromatic carbocycles. The number of ketones is 1. The molecule has 0 amide bonds. The van der Waals surface area contributed by atoms with Crippen molar-refractivity contribution in [2.24, 2.45) is 0 Å². The van der Waals surface area contributed by atoms with Crippen molar-refractivity contribution < 1.29 is 14.5 Å². The van der Waals surface area contributed by atoms with E-state index < -0.39 is 4.92 Å². The molecule has 0 N–H and O–H groups in total. The van der Waals surface area contributed by atoms with Crippen LogP contribution in [0.4, 0.5) is 5.69 Å². The van der Waals surface area contributed by atoms with Crippen molar-refractivity contribution in [1.29, 1.82) is 0 Å². The number of Topliss-reactive ketones (excluding diaryl/α,β-unsaturated/α-hetero) is 1. The number of hydrogen-bond donors (Lipinski definition) is 0. The molecule has 96 valence electrons. The van der Waals surface area contributed by atoms with E-state index in [-0.39, 0.29) is 17.0 Å². The van der Waals surface area contributed by atoms with Crippen molar-refractivity contribution in [3.05, 3.63) is 46.5 Å². The second-order valence-electron chi connectivity index (χ2n) is 3.77. The van der Waals surface area contributed by atoms with Gasteiger partial charge in [-0.05, 0) is 25.8 Å². The molecular formula is C13H15NO4. The summed E-state index contributed by atoms with van der Waals surface area (Å²) in [5.74, 6) is 0.134. The van der Waals surface area contributed by atoms with Gasteiger partial charge in [-0.3, -0.25) is 14.9 Å². The Morgan fingerprint density at radius 2 is 2.28 bits per heavy atom. The standard InChI is InChI=1S/C13H15NO4/c1-3-4-5-8-18-13-7-6-11(14(16)17)9-12(13)10(2)15/h3,6-7,9H,1,4-5,8H2,2H3. The van der Waals surface area contributed by atoms with Crippen molar-refractivity contribution in [3.8, 4) is 5.75 Å². The van der Waals surface area contributed by atoms with Gasteiger partial charge >= 0.3 is 0 Å². The zero-order valence-electron chi connectivity index (χ0n) is 10.2. The summed E-state index contributed by atoms with van der Waals surface area (Å²) in [4.78, 5) is 21.5. The fourth-order valence-electron chi connectivity index (χ4n) is 1.44. The van der Waals surface area contributed by atoms with E-state index in [4.69, 9.17) is 4.74 Å². The Hall–Kier alpha value is -2.17. The fraction of sp³-hybridized carbons (Fsp3) is 0.308. The normalized spacial score (nSPS) is 9.83. The molecule has 0 aromatic heterocycles. The number of nitrogens with zero attached hydrogens (tertiary/aromatic N) is 1. The summed E-state index contributed by atoms with van der Waals surface area (Å²) in [7, 11) is 0. The fourth-order valence-corrected chi connectivity index (χ4v) is 1.44. The third-order valence-corrected chi connectivity index (χ3v) is 2.36. The van der Waals surface area contributed by atoms with Crippen molar-refractivity contribution in [2.75, 3.05) is 6.61 Å². The van der Waals surface area contributed by atoms with E-state index in [1.807, 2.05) is 0 Å². The summed E-state index contributed by atoms with van der Waals surface area (Å²) in [5.41, 5.74) is 0.126. The van der Waals surface area contributed by atoms with Crippen LogP contribution in [-0.2, 0) is 0 Å². The second-order valence-corrected chi connectivity index (χ2v) is 3.77. The number of unbranched alkanes of at least 4 members (excludes halogenated alkanes) is 1. The molecule has 5 heteroatoms. The van der Waals surface area contributed by atoms with Gasteiger partial charge in [0, 0.05) is 12.1 Å². The topological polar surface area (TPSA) is 69.4 Å². The number of allylic oxidation sites excluding steroid dienone is 1. The van der Waals surface area contributed by atoms with Crippen LogP contribution in [0, 0.1) is 10.1 Å². The van der Waals surface area contributed by atoms with Gasteiger partial charge in [-0.1, -0.05) is 6.08 Å². The van der Waals surface area contributed by atoms with Crippen molar-refractivity contribution >= 4 is 11.5 Å². The number of rotatable bonds is 7. The van der Waals surface area contributed by atoms with Gasteiger partial charge in [-0.2, -0.15) is 0 Å². The molecule has 0 spiro atoms.